The molecule has 1 saturated heterocycles. The lowest BCUT2D eigenvalue weighted by atomic mass is 9.49. The second-order valence-corrected chi connectivity index (χ2v) is 6.64. The summed E-state index contributed by atoms with van der Waals surface area (Å²) in [5.74, 6) is 2.70. The van der Waals surface area contributed by atoms with Crippen molar-refractivity contribution in [2.45, 2.75) is 95.9 Å². The fraction of sp³-hybridized carbons (Fsp3) is 1.00. The van der Waals surface area contributed by atoms with Crippen LogP contribution in [0.25, 0.3) is 0 Å². The Kier molecular flexibility index (Phi) is 5.60. The second-order valence-electron chi connectivity index (χ2n) is 6.64. The third-order valence-corrected chi connectivity index (χ3v) is 5.09. The Balaban J connectivity index is 1.74. The van der Waals surface area contributed by atoms with E-state index in [0.29, 0.717) is 6.04 Å². The van der Waals surface area contributed by atoms with Crippen LogP contribution in [-0.2, 0) is 0 Å². The molecule has 0 aromatic rings. The lowest BCUT2D eigenvalue weighted by Gasteiger charge is -2.37. The first-order chi connectivity index (χ1) is 8.74. The molecule has 103 valence electrons. The van der Waals surface area contributed by atoms with Crippen LogP contribution in [0.3, 0.4) is 0 Å². The molecule has 18 heavy (non-hydrogen) atoms. The van der Waals surface area contributed by atoms with Crippen molar-refractivity contribution in [1.82, 2.24) is 5.32 Å². The minimum Gasteiger partial charge on any atom is -0.312 e. The van der Waals surface area contributed by atoms with E-state index in [1.807, 2.05) is 0 Å². The topological polar surface area (TPSA) is 12.0 Å². The van der Waals surface area contributed by atoms with Gasteiger partial charge in [0.05, 0.1) is 0 Å². The molecule has 0 aromatic carbocycles. The summed E-state index contributed by atoms with van der Waals surface area (Å²) in [5, 5.41) is 3.88. The molecule has 4 atom stereocenters. The van der Waals surface area contributed by atoms with Gasteiger partial charge in [-0.3, -0.25) is 0 Å². The second kappa shape index (κ2) is 6.98. The highest BCUT2D eigenvalue weighted by Crippen LogP contribution is 2.40. The summed E-state index contributed by atoms with van der Waals surface area (Å²) in [5.41, 5.74) is 0. The maximum Gasteiger partial charge on any atom is 0.119 e. The Morgan fingerprint density at radius 2 is 1.94 bits per heavy atom. The molecule has 0 amide bonds. The molecule has 0 bridgehead atoms. The van der Waals surface area contributed by atoms with Crippen LogP contribution in [0.15, 0.2) is 0 Å². The summed E-state index contributed by atoms with van der Waals surface area (Å²) in [6.07, 6.45) is 11.3. The molecular formula is C16H31BN. The maximum absolute atomic E-state index is 3.88. The monoisotopic (exact) mass is 248 g/mol. The summed E-state index contributed by atoms with van der Waals surface area (Å²) in [6.45, 7) is 7.06. The summed E-state index contributed by atoms with van der Waals surface area (Å²) in [6, 6.07) is 1.56. The number of piperidine rings is 1. The van der Waals surface area contributed by atoms with Gasteiger partial charge in [0.25, 0.3) is 0 Å². The van der Waals surface area contributed by atoms with Gasteiger partial charge in [0.2, 0.25) is 0 Å². The van der Waals surface area contributed by atoms with Crippen LogP contribution in [0, 0.1) is 5.92 Å². The van der Waals surface area contributed by atoms with Gasteiger partial charge in [-0.25, -0.2) is 0 Å². The standard InChI is InChI=1S/C16H31BN/c1-4-6-7-14(5-2)17-15-10-11-16(13-8-9-13)18-12(15)3/h12-16,18H,4-11H2,1-3H3. The third kappa shape index (κ3) is 4.01. The van der Waals surface area contributed by atoms with Crippen LogP contribution in [0.4, 0.5) is 0 Å². The largest absolute Gasteiger partial charge is 0.312 e. The maximum atomic E-state index is 3.88. The molecule has 0 spiro atoms. The van der Waals surface area contributed by atoms with Gasteiger partial charge in [0, 0.05) is 6.04 Å². The van der Waals surface area contributed by atoms with Gasteiger partial charge in [-0.2, -0.15) is 0 Å². The summed E-state index contributed by atoms with van der Waals surface area (Å²) < 4.78 is 0. The molecule has 1 saturated carbocycles. The Bertz CT molecular complexity index is 239. The van der Waals surface area contributed by atoms with E-state index >= 15 is 0 Å². The quantitative estimate of drug-likeness (QED) is 0.658. The molecule has 2 rings (SSSR count). The van der Waals surface area contributed by atoms with Gasteiger partial charge < -0.3 is 5.32 Å². The normalized spacial score (nSPS) is 34.3. The molecule has 1 nitrogen and oxygen atoms in total. The zero-order chi connectivity index (χ0) is 13.0. The highest BCUT2D eigenvalue weighted by atomic mass is 15.0. The smallest absolute Gasteiger partial charge is 0.119 e. The van der Waals surface area contributed by atoms with Crippen molar-refractivity contribution in [3.63, 3.8) is 0 Å². The molecule has 2 heteroatoms. The fourth-order valence-electron chi connectivity index (χ4n) is 3.55. The zero-order valence-corrected chi connectivity index (χ0v) is 12.6. The Labute approximate surface area is 115 Å². The Morgan fingerprint density at radius 1 is 1.17 bits per heavy atom. The molecule has 1 heterocycles. The van der Waals surface area contributed by atoms with Gasteiger partial charge in [-0.1, -0.05) is 64.5 Å². The highest BCUT2D eigenvalue weighted by Gasteiger charge is 2.36. The Hall–Kier alpha value is 0.0249. The molecule has 1 radical (unpaired) electrons. The van der Waals surface area contributed by atoms with Crippen molar-refractivity contribution < 1.29 is 0 Å². The van der Waals surface area contributed by atoms with Gasteiger partial charge in [-0.05, 0) is 31.2 Å². The molecule has 0 aromatic heterocycles. The first-order valence-electron chi connectivity index (χ1n) is 8.35. The van der Waals surface area contributed by atoms with E-state index in [1.165, 1.54) is 51.4 Å². The van der Waals surface area contributed by atoms with Crippen molar-refractivity contribution in [1.29, 1.82) is 0 Å². The molecule has 2 aliphatic rings. The van der Waals surface area contributed by atoms with Crippen LogP contribution in [0.2, 0.25) is 11.6 Å². The first-order valence-corrected chi connectivity index (χ1v) is 8.35. The average molecular weight is 248 g/mol. The van der Waals surface area contributed by atoms with Crippen LogP contribution in [0.1, 0.15) is 72.1 Å². The highest BCUT2D eigenvalue weighted by molar-refractivity contribution is 6.40. The molecule has 1 aliphatic carbocycles. The van der Waals surface area contributed by atoms with Crippen LogP contribution in [0.5, 0.6) is 0 Å². The predicted molar refractivity (Wildman–Crippen MR) is 81.4 cm³/mol. The fourth-order valence-corrected chi connectivity index (χ4v) is 3.55. The minimum atomic E-state index is 0.708. The summed E-state index contributed by atoms with van der Waals surface area (Å²) in [7, 11) is 2.69. The SMILES string of the molecule is CCCCC([B]C1CCC(C2CC2)NC1C)CC. The van der Waals surface area contributed by atoms with E-state index in [1.54, 1.807) is 0 Å². The van der Waals surface area contributed by atoms with Gasteiger partial charge in [-0.15, -0.1) is 0 Å². The van der Waals surface area contributed by atoms with E-state index < -0.39 is 0 Å². The number of nitrogens with one attached hydrogen (secondary N) is 1. The van der Waals surface area contributed by atoms with Crippen molar-refractivity contribution in [3.05, 3.63) is 0 Å². The van der Waals surface area contributed by atoms with Crippen LogP contribution >= 0.6 is 0 Å². The van der Waals surface area contributed by atoms with E-state index in [4.69, 9.17) is 0 Å². The van der Waals surface area contributed by atoms with Crippen molar-refractivity contribution in [2.75, 3.05) is 0 Å². The summed E-state index contributed by atoms with van der Waals surface area (Å²) >= 11 is 0. The van der Waals surface area contributed by atoms with E-state index in [-0.39, 0.29) is 0 Å². The number of hydrogen-bond donors (Lipinski definition) is 1. The van der Waals surface area contributed by atoms with E-state index in [0.717, 1.165) is 23.6 Å². The Morgan fingerprint density at radius 3 is 2.50 bits per heavy atom. The van der Waals surface area contributed by atoms with Gasteiger partial charge >= 0.3 is 0 Å². The zero-order valence-electron chi connectivity index (χ0n) is 12.6. The van der Waals surface area contributed by atoms with Crippen molar-refractivity contribution in [3.8, 4) is 0 Å². The van der Waals surface area contributed by atoms with E-state index in [9.17, 15) is 0 Å². The number of unbranched alkanes of at least 4 members (excludes halogenated alkanes) is 1. The van der Waals surface area contributed by atoms with Crippen LogP contribution in [-0.4, -0.2) is 19.4 Å². The lowest BCUT2D eigenvalue weighted by Crippen LogP contribution is -2.46. The number of rotatable bonds is 7. The molecule has 4 unspecified atom stereocenters. The number of hydrogen-bond acceptors (Lipinski definition) is 1. The van der Waals surface area contributed by atoms with Crippen molar-refractivity contribution >= 4 is 7.28 Å². The molecule has 2 fully saturated rings. The lowest BCUT2D eigenvalue weighted by molar-refractivity contribution is 0.307. The van der Waals surface area contributed by atoms with Gasteiger partial charge in [0.15, 0.2) is 0 Å². The molecular weight excluding hydrogens is 217 g/mol. The molecule has 1 aliphatic heterocycles. The average Bonchev–Trinajstić information content (AvgIpc) is 3.20. The molecule has 1 N–H and O–H groups in total. The summed E-state index contributed by atoms with van der Waals surface area (Å²) in [4.78, 5) is 0. The minimum absolute atomic E-state index is 0.708. The van der Waals surface area contributed by atoms with Gasteiger partial charge in [0.1, 0.15) is 7.28 Å². The predicted octanol–water partition coefficient (Wildman–Crippen LogP) is 4.42. The third-order valence-electron chi connectivity index (χ3n) is 5.09. The van der Waals surface area contributed by atoms with E-state index in [2.05, 4.69) is 33.4 Å². The van der Waals surface area contributed by atoms with Crippen molar-refractivity contribution in [2.24, 2.45) is 5.92 Å². The van der Waals surface area contributed by atoms with Crippen LogP contribution < -0.4 is 5.32 Å². The first kappa shape index (κ1) is 14.4.